The highest BCUT2D eigenvalue weighted by Gasteiger charge is 2.37. The van der Waals surface area contributed by atoms with Crippen LogP contribution < -0.4 is 0 Å². The Kier molecular flexibility index (Phi) is 7.86. The van der Waals surface area contributed by atoms with Crippen molar-refractivity contribution in [3.8, 4) is 0 Å². The minimum Gasteiger partial charge on any atom is -0.444 e. The van der Waals surface area contributed by atoms with Gasteiger partial charge in [0.25, 0.3) is 0 Å². The van der Waals surface area contributed by atoms with E-state index in [1.54, 1.807) is 11.1 Å². The maximum atomic E-state index is 12.6. The van der Waals surface area contributed by atoms with Crippen LogP contribution in [0.1, 0.15) is 47.1 Å². The van der Waals surface area contributed by atoms with E-state index < -0.39 is 13.9 Å². The summed E-state index contributed by atoms with van der Waals surface area (Å²) in [4.78, 5) is 18.5. The summed E-state index contributed by atoms with van der Waals surface area (Å²) in [6, 6.07) is 3.82. The summed E-state index contributed by atoms with van der Waals surface area (Å²) >= 11 is 3.33. The minimum atomic E-state index is -1.85. The van der Waals surface area contributed by atoms with Crippen molar-refractivity contribution >= 4 is 30.3 Å². The van der Waals surface area contributed by atoms with E-state index in [2.05, 4.69) is 54.8 Å². The van der Waals surface area contributed by atoms with Gasteiger partial charge in [0.05, 0.1) is 13.2 Å². The lowest BCUT2D eigenvalue weighted by Crippen LogP contribution is -2.44. The van der Waals surface area contributed by atoms with E-state index >= 15 is 0 Å². The van der Waals surface area contributed by atoms with Crippen LogP contribution in [0.25, 0.3) is 0 Å². The van der Waals surface area contributed by atoms with E-state index in [9.17, 15) is 4.79 Å². The van der Waals surface area contributed by atoms with Crippen LogP contribution in [-0.4, -0.2) is 43.0 Å². The van der Waals surface area contributed by atoms with Crippen molar-refractivity contribution < 1.29 is 14.0 Å². The van der Waals surface area contributed by atoms with E-state index in [1.165, 1.54) is 0 Å². The molecule has 7 heteroatoms. The quantitative estimate of drug-likeness (QED) is 0.422. The SMILES string of the molecule is CC(C)(C)OC(=O)N(CCO[Si](C)(C)C(C)(C)C)Cc1ccc(Br)nc1. The minimum absolute atomic E-state index is 0.138. The molecule has 0 aliphatic carbocycles. The number of carbonyl (C=O) groups excluding carboxylic acids is 1. The smallest absolute Gasteiger partial charge is 0.410 e. The Bertz CT molecular complexity index is 592. The molecule has 0 aliphatic rings. The van der Waals surface area contributed by atoms with Crippen molar-refractivity contribution in [1.82, 2.24) is 9.88 Å². The van der Waals surface area contributed by atoms with Gasteiger partial charge in [-0.2, -0.15) is 0 Å². The summed E-state index contributed by atoms with van der Waals surface area (Å²) in [5.74, 6) is 0. The molecule has 0 spiro atoms. The number of aromatic nitrogens is 1. The zero-order valence-electron chi connectivity index (χ0n) is 17.4. The van der Waals surface area contributed by atoms with Crippen LogP contribution in [0.5, 0.6) is 0 Å². The number of halogens is 1. The Morgan fingerprint density at radius 2 is 1.81 bits per heavy atom. The van der Waals surface area contributed by atoms with Gasteiger partial charge < -0.3 is 14.1 Å². The molecular weight excluding hydrogens is 412 g/mol. The van der Waals surface area contributed by atoms with Gasteiger partial charge in [-0.15, -0.1) is 0 Å². The van der Waals surface area contributed by atoms with Crippen molar-refractivity contribution in [1.29, 1.82) is 0 Å². The Labute approximate surface area is 167 Å². The third-order valence-electron chi connectivity index (χ3n) is 4.44. The molecule has 0 aliphatic heterocycles. The number of ether oxygens (including phenoxy) is 1. The lowest BCUT2D eigenvalue weighted by molar-refractivity contribution is 0.0205. The molecule has 1 aromatic heterocycles. The second-order valence-electron chi connectivity index (χ2n) is 9.00. The molecule has 0 bridgehead atoms. The van der Waals surface area contributed by atoms with Gasteiger partial charge in [-0.1, -0.05) is 26.8 Å². The van der Waals surface area contributed by atoms with Crippen molar-refractivity contribution in [3.05, 3.63) is 28.5 Å². The molecule has 0 saturated carbocycles. The van der Waals surface area contributed by atoms with Gasteiger partial charge >= 0.3 is 6.09 Å². The Hall–Kier alpha value is -0.923. The monoisotopic (exact) mass is 444 g/mol. The summed E-state index contributed by atoms with van der Waals surface area (Å²) in [7, 11) is -1.85. The van der Waals surface area contributed by atoms with Crippen molar-refractivity contribution in [2.24, 2.45) is 0 Å². The molecule has 148 valence electrons. The van der Waals surface area contributed by atoms with Gasteiger partial charge in [0.15, 0.2) is 8.32 Å². The number of carbonyl (C=O) groups is 1. The van der Waals surface area contributed by atoms with Gasteiger partial charge in [-0.3, -0.25) is 0 Å². The molecule has 0 N–H and O–H groups in total. The van der Waals surface area contributed by atoms with Crippen LogP contribution in [0.15, 0.2) is 22.9 Å². The summed E-state index contributed by atoms with van der Waals surface area (Å²) < 4.78 is 12.6. The Balaban J connectivity index is 2.80. The number of rotatable bonds is 6. The fourth-order valence-corrected chi connectivity index (χ4v) is 3.18. The number of hydrogen-bond donors (Lipinski definition) is 0. The summed E-state index contributed by atoms with van der Waals surface area (Å²) in [5, 5.41) is 0.138. The molecule has 0 fully saturated rings. The molecular formula is C19H33BrN2O3Si. The Morgan fingerprint density at radius 3 is 2.27 bits per heavy atom. The first-order valence-corrected chi connectivity index (χ1v) is 12.6. The summed E-state index contributed by atoms with van der Waals surface area (Å²) in [6.07, 6.45) is 1.43. The summed E-state index contributed by atoms with van der Waals surface area (Å²) in [5.41, 5.74) is 0.416. The van der Waals surface area contributed by atoms with Gasteiger partial charge in [0.1, 0.15) is 10.2 Å². The molecule has 5 nitrogen and oxygen atoms in total. The zero-order valence-corrected chi connectivity index (χ0v) is 19.9. The standard InChI is InChI=1S/C19H33BrN2O3Si/c1-18(2,3)25-17(23)22(14-15-9-10-16(20)21-13-15)11-12-24-26(7,8)19(4,5)6/h9-10,13H,11-12,14H2,1-8H3. The van der Waals surface area contributed by atoms with Crippen molar-refractivity contribution in [2.75, 3.05) is 13.2 Å². The van der Waals surface area contributed by atoms with Crippen molar-refractivity contribution in [3.63, 3.8) is 0 Å². The van der Waals surface area contributed by atoms with Crippen LogP contribution in [-0.2, 0) is 15.7 Å². The molecule has 1 rings (SSSR count). The highest BCUT2D eigenvalue weighted by atomic mass is 79.9. The largest absolute Gasteiger partial charge is 0.444 e. The molecule has 0 unspecified atom stereocenters. The normalized spacial score (nSPS) is 12.8. The molecule has 1 amide bonds. The fourth-order valence-electron chi connectivity index (χ4n) is 1.91. The highest BCUT2D eigenvalue weighted by molar-refractivity contribution is 9.10. The van der Waals surface area contributed by atoms with Gasteiger partial charge in [-0.05, 0) is 66.5 Å². The average Bonchev–Trinajstić information content (AvgIpc) is 2.45. The highest BCUT2D eigenvalue weighted by Crippen LogP contribution is 2.36. The maximum Gasteiger partial charge on any atom is 0.410 e. The molecule has 0 aromatic carbocycles. The molecule has 0 saturated heterocycles. The van der Waals surface area contributed by atoms with E-state index in [0.29, 0.717) is 19.7 Å². The van der Waals surface area contributed by atoms with E-state index in [4.69, 9.17) is 9.16 Å². The summed E-state index contributed by atoms with van der Waals surface area (Å²) in [6.45, 7) is 18.1. The molecule has 0 radical (unpaired) electrons. The maximum absolute atomic E-state index is 12.6. The van der Waals surface area contributed by atoms with Gasteiger partial charge in [0, 0.05) is 12.7 Å². The zero-order chi connectivity index (χ0) is 20.2. The van der Waals surface area contributed by atoms with Crippen LogP contribution in [0.4, 0.5) is 4.79 Å². The molecule has 0 atom stereocenters. The third kappa shape index (κ3) is 7.76. The molecule has 26 heavy (non-hydrogen) atoms. The number of hydrogen-bond acceptors (Lipinski definition) is 4. The molecule has 1 heterocycles. The van der Waals surface area contributed by atoms with Crippen LogP contribution in [0, 0.1) is 0 Å². The average molecular weight is 445 g/mol. The predicted molar refractivity (Wildman–Crippen MR) is 112 cm³/mol. The lowest BCUT2D eigenvalue weighted by atomic mass is 10.2. The number of pyridine rings is 1. The topological polar surface area (TPSA) is 51.7 Å². The first-order valence-electron chi connectivity index (χ1n) is 8.93. The second kappa shape index (κ2) is 8.84. The van der Waals surface area contributed by atoms with Crippen LogP contribution >= 0.6 is 15.9 Å². The first kappa shape index (κ1) is 23.1. The second-order valence-corrected chi connectivity index (χ2v) is 14.6. The van der Waals surface area contributed by atoms with Crippen LogP contribution in [0.3, 0.4) is 0 Å². The van der Waals surface area contributed by atoms with Crippen molar-refractivity contribution in [2.45, 2.75) is 71.8 Å². The predicted octanol–water partition coefficient (Wildman–Crippen LogP) is 5.60. The first-order chi connectivity index (χ1) is 11.7. The van der Waals surface area contributed by atoms with E-state index in [-0.39, 0.29) is 11.1 Å². The number of amides is 1. The van der Waals surface area contributed by atoms with Crippen LogP contribution in [0.2, 0.25) is 18.1 Å². The lowest BCUT2D eigenvalue weighted by Gasteiger charge is -2.37. The molecule has 1 aromatic rings. The number of nitrogens with zero attached hydrogens (tertiary/aromatic N) is 2. The Morgan fingerprint density at radius 1 is 1.19 bits per heavy atom. The van der Waals surface area contributed by atoms with Gasteiger partial charge in [-0.25, -0.2) is 9.78 Å². The van der Waals surface area contributed by atoms with Gasteiger partial charge in [0.2, 0.25) is 0 Å². The third-order valence-corrected chi connectivity index (χ3v) is 9.45. The fraction of sp³-hybridized carbons (Fsp3) is 0.684. The van der Waals surface area contributed by atoms with E-state index in [0.717, 1.165) is 10.2 Å². The van der Waals surface area contributed by atoms with E-state index in [1.807, 2.05) is 32.9 Å².